The number of nitrogen functional groups attached to an aromatic ring is 1. The minimum atomic E-state index is -0.316. The number of nitrogens with two attached hydrogens (primary N) is 1. The molecule has 0 bridgehead atoms. The lowest BCUT2D eigenvalue weighted by molar-refractivity contribution is 0.125. The van der Waals surface area contributed by atoms with Crippen molar-refractivity contribution >= 4 is 22.8 Å². The molecule has 3 N–H and O–H groups in total. The van der Waals surface area contributed by atoms with Crippen molar-refractivity contribution < 1.29 is 4.74 Å². The maximum Gasteiger partial charge on any atom is 0.239 e. The summed E-state index contributed by atoms with van der Waals surface area (Å²) in [5.41, 5.74) is 6.15. The predicted molar refractivity (Wildman–Crippen MR) is 90.1 cm³/mol. The summed E-state index contributed by atoms with van der Waals surface area (Å²) in [5, 5.41) is 3.32. The van der Waals surface area contributed by atoms with Crippen molar-refractivity contribution in [2.24, 2.45) is 0 Å². The van der Waals surface area contributed by atoms with Crippen molar-refractivity contribution in [3.05, 3.63) is 34.0 Å². The van der Waals surface area contributed by atoms with E-state index >= 15 is 0 Å². The Hall–Kier alpha value is -1.75. The summed E-state index contributed by atoms with van der Waals surface area (Å²) in [6.07, 6.45) is 1.08. The van der Waals surface area contributed by atoms with Crippen LogP contribution >= 0.6 is 11.3 Å². The molecule has 2 aromatic rings. The van der Waals surface area contributed by atoms with Gasteiger partial charge in [0.15, 0.2) is 0 Å². The second-order valence-corrected chi connectivity index (χ2v) is 7.13. The number of ether oxygens (including phenoxy) is 1. The Labute approximate surface area is 130 Å². The van der Waals surface area contributed by atoms with Crippen LogP contribution in [0, 0.1) is 0 Å². The fourth-order valence-corrected chi connectivity index (χ4v) is 2.70. The van der Waals surface area contributed by atoms with Crippen molar-refractivity contribution in [3.63, 3.8) is 0 Å². The maximum absolute atomic E-state index is 5.91. The summed E-state index contributed by atoms with van der Waals surface area (Å²) in [5.74, 6) is 1.25. The van der Waals surface area contributed by atoms with E-state index in [1.165, 1.54) is 9.75 Å². The van der Waals surface area contributed by atoms with Gasteiger partial charge >= 0.3 is 0 Å². The van der Waals surface area contributed by atoms with E-state index in [4.69, 9.17) is 10.5 Å². The van der Waals surface area contributed by atoms with Crippen molar-refractivity contribution in [1.29, 1.82) is 0 Å². The summed E-state index contributed by atoms with van der Waals surface area (Å²) in [6, 6.07) is 8.02. The molecule has 0 atom stereocenters. The highest BCUT2D eigenvalue weighted by Gasteiger charge is 2.15. The first kappa shape index (κ1) is 15.6. The molecule has 21 heavy (non-hydrogen) atoms. The normalized spacial score (nSPS) is 11.4. The van der Waals surface area contributed by atoms with Gasteiger partial charge in [-0.1, -0.05) is 6.92 Å². The summed E-state index contributed by atoms with van der Waals surface area (Å²) in [7, 11) is 0. The molecule has 0 radical (unpaired) electrons. The van der Waals surface area contributed by atoms with E-state index in [2.05, 4.69) is 29.4 Å². The molecule has 114 valence electrons. The van der Waals surface area contributed by atoms with Crippen LogP contribution < -0.4 is 15.8 Å². The molecule has 0 spiro atoms. The van der Waals surface area contributed by atoms with Crippen LogP contribution in [0.5, 0.6) is 5.88 Å². The third kappa shape index (κ3) is 4.63. The number of hydrogen-bond acceptors (Lipinski definition) is 5. The van der Waals surface area contributed by atoms with Crippen molar-refractivity contribution in [2.45, 2.75) is 46.3 Å². The molecule has 0 aromatic carbocycles. The number of aryl methyl sites for hydroxylation is 1. The lowest BCUT2D eigenvalue weighted by Gasteiger charge is -2.21. The van der Waals surface area contributed by atoms with Gasteiger partial charge in [-0.3, -0.25) is 0 Å². The smallest absolute Gasteiger partial charge is 0.239 e. The first-order valence-corrected chi connectivity index (χ1v) is 7.96. The molecule has 0 amide bonds. The topological polar surface area (TPSA) is 60.2 Å². The Bertz CT molecular complexity index is 602. The van der Waals surface area contributed by atoms with E-state index < -0.39 is 0 Å². The second-order valence-electron chi connectivity index (χ2n) is 5.88. The number of hydrogen-bond donors (Lipinski definition) is 2. The van der Waals surface area contributed by atoms with Gasteiger partial charge in [-0.05, 0) is 51.5 Å². The first-order valence-electron chi connectivity index (χ1n) is 7.14. The van der Waals surface area contributed by atoms with Crippen LogP contribution in [0.1, 0.15) is 37.4 Å². The number of thiophene rings is 1. The Balaban J connectivity index is 2.05. The minimum Gasteiger partial charge on any atom is -0.470 e. The lowest BCUT2D eigenvalue weighted by Crippen LogP contribution is -2.24. The highest BCUT2D eigenvalue weighted by molar-refractivity contribution is 7.12. The average molecular weight is 305 g/mol. The van der Waals surface area contributed by atoms with E-state index in [-0.39, 0.29) is 5.60 Å². The van der Waals surface area contributed by atoms with Crippen molar-refractivity contribution in [2.75, 3.05) is 11.1 Å². The number of nitrogens with zero attached hydrogens (tertiary/aromatic N) is 1. The van der Waals surface area contributed by atoms with Crippen LogP contribution in [0.25, 0.3) is 0 Å². The Kier molecular flexibility index (Phi) is 4.73. The minimum absolute atomic E-state index is 0.316. The largest absolute Gasteiger partial charge is 0.470 e. The Morgan fingerprint density at radius 1 is 1.19 bits per heavy atom. The number of nitrogens with one attached hydrogen (secondary N) is 1. The molecule has 0 unspecified atom stereocenters. The standard InChI is InChI=1S/C16H23N3OS/c1-5-11-6-7-12(21-11)10-18-14-9-8-13(17)15(19-14)20-16(2,3)4/h6-9H,5,10,17H2,1-4H3,(H,18,19). The second kappa shape index (κ2) is 6.35. The highest BCUT2D eigenvalue weighted by Crippen LogP contribution is 2.25. The van der Waals surface area contributed by atoms with Gasteiger partial charge in [0.25, 0.3) is 0 Å². The van der Waals surface area contributed by atoms with Gasteiger partial charge in [0.1, 0.15) is 11.4 Å². The van der Waals surface area contributed by atoms with Gasteiger partial charge in [0.2, 0.25) is 5.88 Å². The maximum atomic E-state index is 5.91. The number of anilines is 2. The zero-order valence-electron chi connectivity index (χ0n) is 13.1. The monoisotopic (exact) mass is 305 g/mol. The summed E-state index contributed by atoms with van der Waals surface area (Å²) < 4.78 is 5.77. The van der Waals surface area contributed by atoms with Crippen LogP contribution in [0.3, 0.4) is 0 Å². The van der Waals surface area contributed by atoms with Crippen LogP contribution in [-0.4, -0.2) is 10.6 Å². The molecule has 5 heteroatoms. The quantitative estimate of drug-likeness (QED) is 0.874. The summed E-state index contributed by atoms with van der Waals surface area (Å²) in [4.78, 5) is 7.14. The van der Waals surface area contributed by atoms with Crippen LogP contribution in [0.2, 0.25) is 0 Å². The summed E-state index contributed by atoms with van der Waals surface area (Å²) >= 11 is 1.82. The van der Waals surface area contributed by atoms with Gasteiger partial charge in [0, 0.05) is 9.75 Å². The predicted octanol–water partition coefficient (Wildman–Crippen LogP) is 4.08. The van der Waals surface area contributed by atoms with E-state index in [1.54, 1.807) is 0 Å². The molecule has 2 rings (SSSR count). The molecule has 0 fully saturated rings. The van der Waals surface area contributed by atoms with Gasteiger partial charge in [-0.2, -0.15) is 4.98 Å². The average Bonchev–Trinajstić information content (AvgIpc) is 2.86. The van der Waals surface area contributed by atoms with Crippen LogP contribution in [0.4, 0.5) is 11.5 Å². The third-order valence-corrected chi connectivity index (χ3v) is 4.03. The molecule has 0 aliphatic rings. The lowest BCUT2D eigenvalue weighted by atomic mass is 10.2. The highest BCUT2D eigenvalue weighted by atomic mass is 32.1. The molecule has 4 nitrogen and oxygen atoms in total. The van der Waals surface area contributed by atoms with Gasteiger partial charge in [-0.25, -0.2) is 0 Å². The van der Waals surface area contributed by atoms with E-state index in [1.807, 2.05) is 44.2 Å². The van der Waals surface area contributed by atoms with Crippen molar-refractivity contribution in [1.82, 2.24) is 4.98 Å². The molecule has 0 saturated carbocycles. The SMILES string of the molecule is CCc1ccc(CNc2ccc(N)c(OC(C)(C)C)n2)s1. The van der Waals surface area contributed by atoms with E-state index in [0.29, 0.717) is 11.6 Å². The van der Waals surface area contributed by atoms with Gasteiger partial charge in [0.05, 0.1) is 12.2 Å². The Morgan fingerprint density at radius 2 is 1.90 bits per heavy atom. The fourth-order valence-electron chi connectivity index (χ4n) is 1.81. The van der Waals surface area contributed by atoms with Gasteiger partial charge < -0.3 is 15.8 Å². The zero-order chi connectivity index (χ0) is 15.5. The molecule has 2 heterocycles. The van der Waals surface area contributed by atoms with E-state index in [9.17, 15) is 0 Å². The van der Waals surface area contributed by atoms with Crippen LogP contribution in [0.15, 0.2) is 24.3 Å². The Morgan fingerprint density at radius 3 is 2.52 bits per heavy atom. The molecule has 0 aliphatic heterocycles. The van der Waals surface area contributed by atoms with Crippen molar-refractivity contribution in [3.8, 4) is 5.88 Å². The third-order valence-electron chi connectivity index (χ3n) is 2.80. The zero-order valence-corrected chi connectivity index (χ0v) is 13.9. The van der Waals surface area contributed by atoms with Crippen LogP contribution in [-0.2, 0) is 13.0 Å². The van der Waals surface area contributed by atoms with Gasteiger partial charge in [-0.15, -0.1) is 11.3 Å². The first-order chi connectivity index (χ1) is 9.87. The molecular formula is C16H23N3OS. The number of rotatable bonds is 5. The number of aromatic nitrogens is 1. The molecule has 0 saturated heterocycles. The van der Waals surface area contributed by atoms with E-state index in [0.717, 1.165) is 18.8 Å². The molecule has 0 aliphatic carbocycles. The molecular weight excluding hydrogens is 282 g/mol. The molecule has 2 aromatic heterocycles. The fraction of sp³-hybridized carbons (Fsp3) is 0.438. The number of pyridine rings is 1. The summed E-state index contributed by atoms with van der Waals surface area (Å²) in [6.45, 7) is 8.86.